The van der Waals surface area contributed by atoms with Crippen molar-refractivity contribution in [3.63, 3.8) is 0 Å². The highest BCUT2D eigenvalue weighted by Crippen LogP contribution is 2.27. The molecule has 0 radical (unpaired) electrons. The zero-order chi connectivity index (χ0) is 14.7. The van der Waals surface area contributed by atoms with Crippen molar-refractivity contribution in [1.82, 2.24) is 9.80 Å². The van der Waals surface area contributed by atoms with E-state index in [0.717, 1.165) is 25.7 Å². The molecule has 3 N–H and O–H groups in total. The fraction of sp³-hybridized carbons (Fsp3) is 0.846. The van der Waals surface area contributed by atoms with Crippen LogP contribution in [0, 0.1) is 0 Å². The monoisotopic (exact) mass is 286 g/mol. The topological polar surface area (TPSA) is 101 Å². The van der Waals surface area contributed by atoms with E-state index in [2.05, 4.69) is 0 Å². The number of nitrogens with zero attached hydrogens (tertiary/aromatic N) is 2. The number of amides is 2. The number of urea groups is 1. The van der Waals surface area contributed by atoms with E-state index >= 15 is 0 Å². The van der Waals surface area contributed by atoms with Crippen LogP contribution in [0.15, 0.2) is 0 Å². The van der Waals surface area contributed by atoms with Gasteiger partial charge < -0.3 is 25.1 Å². The van der Waals surface area contributed by atoms with E-state index in [1.807, 2.05) is 0 Å². The van der Waals surface area contributed by atoms with Gasteiger partial charge in [0, 0.05) is 25.6 Å². The van der Waals surface area contributed by atoms with Gasteiger partial charge in [0.15, 0.2) is 0 Å². The van der Waals surface area contributed by atoms with Crippen LogP contribution >= 0.6 is 0 Å². The largest absolute Gasteiger partial charge is 0.480 e. The van der Waals surface area contributed by atoms with E-state index < -0.39 is 18.1 Å². The Balaban J connectivity index is 2.11. The Bertz CT molecular complexity index is 370. The molecule has 0 aromatic rings. The van der Waals surface area contributed by atoms with Gasteiger partial charge in [-0.1, -0.05) is 12.8 Å². The summed E-state index contributed by atoms with van der Waals surface area (Å²) in [4.78, 5) is 26.5. The van der Waals surface area contributed by atoms with Crippen molar-refractivity contribution in [1.29, 1.82) is 0 Å². The van der Waals surface area contributed by atoms with Crippen LogP contribution in [0.3, 0.4) is 0 Å². The number of aliphatic hydroxyl groups excluding tert-OH is 2. The molecule has 1 aliphatic carbocycles. The fourth-order valence-electron chi connectivity index (χ4n) is 3.18. The highest BCUT2D eigenvalue weighted by Gasteiger charge is 2.42. The maximum Gasteiger partial charge on any atom is 0.326 e. The van der Waals surface area contributed by atoms with Crippen molar-refractivity contribution in [2.24, 2.45) is 0 Å². The first-order valence-electron chi connectivity index (χ1n) is 7.13. The van der Waals surface area contributed by atoms with Crippen molar-refractivity contribution >= 4 is 12.0 Å². The van der Waals surface area contributed by atoms with Crippen molar-refractivity contribution in [3.8, 4) is 0 Å². The molecule has 2 rings (SSSR count). The molecular formula is C13H22N2O5. The van der Waals surface area contributed by atoms with E-state index in [0.29, 0.717) is 0 Å². The van der Waals surface area contributed by atoms with E-state index in [1.54, 1.807) is 4.90 Å². The smallest absolute Gasteiger partial charge is 0.326 e. The molecule has 20 heavy (non-hydrogen) atoms. The molecule has 1 saturated heterocycles. The standard InChI is InChI=1S/C13H22N2O5/c16-6-5-14(9-3-1-2-4-9)13(20)15-8-10(17)7-11(15)12(18)19/h9-11,16-17H,1-8H2,(H,18,19)/t10?,11-/m0/s1. The summed E-state index contributed by atoms with van der Waals surface area (Å²) in [7, 11) is 0. The number of carbonyl (C=O) groups excluding carboxylic acids is 1. The first kappa shape index (κ1) is 15.1. The summed E-state index contributed by atoms with van der Waals surface area (Å²) in [5.41, 5.74) is 0. The molecule has 1 heterocycles. The number of hydrogen-bond acceptors (Lipinski definition) is 4. The third-order valence-corrected chi connectivity index (χ3v) is 4.16. The first-order chi connectivity index (χ1) is 9.54. The van der Waals surface area contributed by atoms with Crippen LogP contribution in [0.2, 0.25) is 0 Å². The number of carbonyl (C=O) groups is 2. The van der Waals surface area contributed by atoms with Gasteiger partial charge in [-0.15, -0.1) is 0 Å². The predicted molar refractivity (Wildman–Crippen MR) is 70.2 cm³/mol. The lowest BCUT2D eigenvalue weighted by molar-refractivity contribution is -0.141. The highest BCUT2D eigenvalue weighted by molar-refractivity contribution is 5.83. The molecule has 1 aliphatic heterocycles. The first-order valence-corrected chi connectivity index (χ1v) is 7.13. The quantitative estimate of drug-likeness (QED) is 0.668. The molecule has 1 saturated carbocycles. The summed E-state index contributed by atoms with van der Waals surface area (Å²) in [5.74, 6) is -1.09. The van der Waals surface area contributed by atoms with Gasteiger partial charge in [0.2, 0.25) is 0 Å². The summed E-state index contributed by atoms with van der Waals surface area (Å²) in [5, 5.41) is 27.9. The molecule has 0 bridgehead atoms. The summed E-state index contributed by atoms with van der Waals surface area (Å²) in [6.07, 6.45) is 3.15. The van der Waals surface area contributed by atoms with Crippen LogP contribution in [-0.2, 0) is 4.79 Å². The minimum atomic E-state index is -1.09. The second kappa shape index (κ2) is 6.41. The number of hydrogen-bond donors (Lipinski definition) is 3. The van der Waals surface area contributed by atoms with Crippen LogP contribution in [0.1, 0.15) is 32.1 Å². The van der Waals surface area contributed by atoms with Crippen LogP contribution in [0.25, 0.3) is 0 Å². The normalized spacial score (nSPS) is 27.0. The number of β-amino-alcohol motifs (C(OH)–C–C–N with tert-alkyl or cyclic N) is 1. The molecule has 0 aromatic carbocycles. The molecule has 114 valence electrons. The minimum Gasteiger partial charge on any atom is -0.480 e. The van der Waals surface area contributed by atoms with Gasteiger partial charge in [-0.2, -0.15) is 0 Å². The Kier molecular flexibility index (Phi) is 4.82. The van der Waals surface area contributed by atoms with Gasteiger partial charge in [-0.25, -0.2) is 9.59 Å². The van der Waals surface area contributed by atoms with Crippen molar-refractivity contribution in [2.45, 2.75) is 50.3 Å². The Labute approximate surface area is 117 Å². The van der Waals surface area contributed by atoms with E-state index in [1.165, 1.54) is 4.90 Å². The molecule has 7 heteroatoms. The molecule has 0 spiro atoms. The molecule has 0 aromatic heterocycles. The molecule has 2 atom stereocenters. The summed E-state index contributed by atoms with van der Waals surface area (Å²) in [6, 6.07) is -1.28. The molecule has 1 unspecified atom stereocenters. The molecule has 2 amide bonds. The van der Waals surface area contributed by atoms with Crippen molar-refractivity contribution in [3.05, 3.63) is 0 Å². The Morgan fingerprint density at radius 2 is 1.90 bits per heavy atom. The summed E-state index contributed by atoms with van der Waals surface area (Å²) in [6.45, 7) is 0.114. The molecule has 2 fully saturated rings. The summed E-state index contributed by atoms with van der Waals surface area (Å²) >= 11 is 0. The Morgan fingerprint density at radius 1 is 1.25 bits per heavy atom. The second-order valence-electron chi connectivity index (χ2n) is 5.53. The fourth-order valence-corrected chi connectivity index (χ4v) is 3.18. The predicted octanol–water partition coefficient (Wildman–Crippen LogP) is -0.137. The van der Waals surface area contributed by atoms with E-state index in [9.17, 15) is 14.7 Å². The number of rotatable bonds is 4. The lowest BCUT2D eigenvalue weighted by Crippen LogP contribution is -2.52. The second-order valence-corrected chi connectivity index (χ2v) is 5.53. The number of aliphatic hydroxyl groups is 2. The van der Waals surface area contributed by atoms with E-state index in [4.69, 9.17) is 10.2 Å². The lowest BCUT2D eigenvalue weighted by Gasteiger charge is -2.34. The number of carboxylic acid groups (broad SMARTS) is 1. The van der Waals surface area contributed by atoms with Crippen LogP contribution in [-0.4, -0.2) is 75.0 Å². The zero-order valence-electron chi connectivity index (χ0n) is 11.4. The van der Waals surface area contributed by atoms with Gasteiger partial charge >= 0.3 is 12.0 Å². The molecule has 7 nitrogen and oxygen atoms in total. The average molecular weight is 286 g/mol. The Hall–Kier alpha value is -1.34. The maximum atomic E-state index is 12.5. The lowest BCUT2D eigenvalue weighted by atomic mass is 10.2. The third kappa shape index (κ3) is 3.04. The number of likely N-dealkylation sites (tertiary alicyclic amines) is 1. The highest BCUT2D eigenvalue weighted by atomic mass is 16.4. The minimum absolute atomic E-state index is 0.0461. The van der Waals surface area contributed by atoms with Crippen molar-refractivity contribution < 1.29 is 24.9 Å². The number of aliphatic carboxylic acids is 1. The van der Waals surface area contributed by atoms with Gasteiger partial charge in [0.25, 0.3) is 0 Å². The summed E-state index contributed by atoms with van der Waals surface area (Å²) < 4.78 is 0. The van der Waals surface area contributed by atoms with E-state index in [-0.39, 0.29) is 38.2 Å². The van der Waals surface area contributed by atoms with Crippen LogP contribution < -0.4 is 0 Å². The zero-order valence-corrected chi connectivity index (χ0v) is 11.4. The number of carboxylic acids is 1. The van der Waals surface area contributed by atoms with Crippen molar-refractivity contribution in [2.75, 3.05) is 19.7 Å². The molecular weight excluding hydrogens is 264 g/mol. The third-order valence-electron chi connectivity index (χ3n) is 4.16. The SMILES string of the molecule is O=C(O)[C@@H]1CC(O)CN1C(=O)N(CCO)C1CCCC1. The van der Waals surface area contributed by atoms with Gasteiger partial charge in [-0.05, 0) is 12.8 Å². The average Bonchev–Trinajstić information content (AvgIpc) is 3.04. The van der Waals surface area contributed by atoms with Crippen LogP contribution in [0.4, 0.5) is 4.79 Å². The van der Waals surface area contributed by atoms with Crippen LogP contribution in [0.5, 0.6) is 0 Å². The Morgan fingerprint density at radius 3 is 2.45 bits per heavy atom. The van der Waals surface area contributed by atoms with Gasteiger partial charge in [0.1, 0.15) is 6.04 Å². The van der Waals surface area contributed by atoms with Gasteiger partial charge in [0.05, 0.1) is 12.7 Å². The maximum absolute atomic E-state index is 12.5. The van der Waals surface area contributed by atoms with Gasteiger partial charge in [-0.3, -0.25) is 0 Å². The molecule has 2 aliphatic rings.